The highest BCUT2D eigenvalue weighted by Gasteiger charge is 2.34. The van der Waals surface area contributed by atoms with Gasteiger partial charge in [-0.15, -0.1) is 11.5 Å². The Bertz CT molecular complexity index is 927. The van der Waals surface area contributed by atoms with Crippen molar-refractivity contribution in [2.24, 2.45) is 0 Å². The Labute approximate surface area is 166 Å². The number of halogens is 2. The number of hydrogen-bond acceptors (Lipinski definition) is 6. The molecule has 1 aromatic heterocycles. The van der Waals surface area contributed by atoms with Gasteiger partial charge in [0, 0.05) is 31.8 Å². The van der Waals surface area contributed by atoms with E-state index in [-0.39, 0.29) is 24.5 Å². The van der Waals surface area contributed by atoms with Gasteiger partial charge < -0.3 is 14.4 Å². The van der Waals surface area contributed by atoms with Crippen molar-refractivity contribution in [3.8, 4) is 12.3 Å². The first-order valence-corrected chi connectivity index (χ1v) is 9.22. The number of anilines is 2. The van der Waals surface area contributed by atoms with E-state index in [4.69, 9.17) is 15.9 Å². The van der Waals surface area contributed by atoms with Gasteiger partial charge in [0.1, 0.15) is 11.8 Å². The number of cyclic esters (lactones) is 1. The molecule has 2 aromatic rings. The summed E-state index contributed by atoms with van der Waals surface area (Å²) in [6, 6.07) is 2.30. The largest absolute Gasteiger partial charge is 0.442 e. The van der Waals surface area contributed by atoms with Crippen molar-refractivity contribution in [2.45, 2.75) is 19.1 Å². The highest BCUT2D eigenvalue weighted by molar-refractivity contribution is 5.90. The summed E-state index contributed by atoms with van der Waals surface area (Å²) in [5.41, 5.74) is 0.364. The van der Waals surface area contributed by atoms with E-state index in [1.54, 1.807) is 11.1 Å². The second-order valence-corrected chi connectivity index (χ2v) is 6.80. The Hall–Kier alpha value is -3.19. The zero-order valence-corrected chi connectivity index (χ0v) is 15.6. The Balaban J connectivity index is 1.50. The fraction of sp³-hybridized carbons (Fsp3) is 0.421. The zero-order chi connectivity index (χ0) is 20.4. The summed E-state index contributed by atoms with van der Waals surface area (Å²) in [6.45, 7) is 2.22. The maximum absolute atomic E-state index is 14.8. The molecular formula is C19H19F2N5O3. The number of amides is 1. The second-order valence-electron chi connectivity index (χ2n) is 6.80. The smallest absolute Gasteiger partial charge is 0.414 e. The molecule has 0 saturated carbocycles. The van der Waals surface area contributed by atoms with Crippen molar-refractivity contribution in [1.82, 2.24) is 15.0 Å². The first kappa shape index (κ1) is 19.1. The summed E-state index contributed by atoms with van der Waals surface area (Å²) >= 11 is 0. The number of nitrogens with zero attached hydrogens (tertiary/aromatic N) is 5. The van der Waals surface area contributed by atoms with Crippen LogP contribution in [0, 0.1) is 24.0 Å². The molecule has 29 heavy (non-hydrogen) atoms. The lowest BCUT2D eigenvalue weighted by molar-refractivity contribution is 0.129. The second kappa shape index (κ2) is 8.05. The van der Waals surface area contributed by atoms with Gasteiger partial charge in [-0.1, -0.05) is 5.21 Å². The minimum absolute atomic E-state index is 0.102. The molecule has 2 aliphatic rings. The first-order chi connectivity index (χ1) is 14.0. The standard InChI is InChI=1S/C19H19F2N5O3/c1-2-13-10-25(23-22-13)11-15-12-26(19(27)29-15)14-8-16(20)18(17(21)9-14)24-4-3-6-28-7-5-24/h1,8-10,15H,3-7,11-12H2/t15-/m0/s1. The molecule has 2 aliphatic heterocycles. The average Bonchev–Trinajstić information content (AvgIpc) is 3.19. The van der Waals surface area contributed by atoms with Crippen LogP contribution in [0.2, 0.25) is 0 Å². The van der Waals surface area contributed by atoms with E-state index in [9.17, 15) is 13.6 Å². The average molecular weight is 403 g/mol. The van der Waals surface area contributed by atoms with Gasteiger partial charge in [-0.25, -0.2) is 18.3 Å². The zero-order valence-electron chi connectivity index (χ0n) is 15.6. The Kier molecular flexibility index (Phi) is 5.31. The van der Waals surface area contributed by atoms with Gasteiger partial charge in [0.15, 0.2) is 17.3 Å². The van der Waals surface area contributed by atoms with E-state index in [0.29, 0.717) is 38.4 Å². The molecule has 1 aromatic carbocycles. The Morgan fingerprint density at radius 1 is 1.24 bits per heavy atom. The SMILES string of the molecule is C#Cc1cn(C[C@H]2CN(c3cc(F)c(N4CCCOCC4)c(F)c3)C(=O)O2)nn1. The topological polar surface area (TPSA) is 72.7 Å². The van der Waals surface area contributed by atoms with Crippen LogP contribution < -0.4 is 9.80 Å². The lowest BCUT2D eigenvalue weighted by atomic mass is 10.2. The maximum Gasteiger partial charge on any atom is 0.414 e. The molecular weight excluding hydrogens is 384 g/mol. The van der Waals surface area contributed by atoms with Crippen molar-refractivity contribution in [3.63, 3.8) is 0 Å². The normalized spacial score (nSPS) is 19.8. The minimum atomic E-state index is -0.729. The van der Waals surface area contributed by atoms with Crippen molar-refractivity contribution >= 4 is 17.5 Å². The lowest BCUT2D eigenvalue weighted by Gasteiger charge is -2.24. The van der Waals surface area contributed by atoms with Crippen molar-refractivity contribution in [1.29, 1.82) is 0 Å². The van der Waals surface area contributed by atoms with Crippen LogP contribution in [0.15, 0.2) is 18.3 Å². The van der Waals surface area contributed by atoms with E-state index in [2.05, 4.69) is 16.2 Å². The van der Waals surface area contributed by atoms with Crippen LogP contribution in [-0.2, 0) is 16.0 Å². The van der Waals surface area contributed by atoms with Crippen LogP contribution in [0.25, 0.3) is 0 Å². The molecule has 0 spiro atoms. The highest BCUT2D eigenvalue weighted by Crippen LogP contribution is 2.31. The van der Waals surface area contributed by atoms with Crippen LogP contribution >= 0.6 is 0 Å². The van der Waals surface area contributed by atoms with Crippen molar-refractivity contribution in [3.05, 3.63) is 35.7 Å². The monoisotopic (exact) mass is 403 g/mol. The molecule has 0 radical (unpaired) electrons. The van der Waals surface area contributed by atoms with Crippen LogP contribution in [0.3, 0.4) is 0 Å². The molecule has 2 fully saturated rings. The van der Waals surface area contributed by atoms with E-state index >= 15 is 0 Å². The fourth-order valence-corrected chi connectivity index (χ4v) is 3.47. The summed E-state index contributed by atoms with van der Waals surface area (Å²) in [5, 5.41) is 7.62. The summed E-state index contributed by atoms with van der Waals surface area (Å²) in [4.78, 5) is 15.1. The molecule has 2 saturated heterocycles. The first-order valence-electron chi connectivity index (χ1n) is 9.22. The molecule has 3 heterocycles. The number of carbonyl (C=O) groups is 1. The van der Waals surface area contributed by atoms with Gasteiger partial charge in [-0.2, -0.15) is 0 Å². The van der Waals surface area contributed by atoms with E-state index in [1.165, 1.54) is 9.58 Å². The van der Waals surface area contributed by atoms with Crippen LogP contribution in [0.1, 0.15) is 12.1 Å². The predicted octanol–water partition coefficient (Wildman–Crippen LogP) is 1.79. The Morgan fingerprint density at radius 3 is 2.76 bits per heavy atom. The van der Waals surface area contributed by atoms with Gasteiger partial charge in [0.05, 0.1) is 31.6 Å². The molecule has 4 rings (SSSR count). The maximum atomic E-state index is 14.8. The van der Waals surface area contributed by atoms with Crippen LogP contribution in [0.4, 0.5) is 25.0 Å². The third-order valence-electron chi connectivity index (χ3n) is 4.80. The number of rotatable bonds is 4. The molecule has 152 valence electrons. The molecule has 0 aliphatic carbocycles. The molecule has 0 unspecified atom stereocenters. The van der Waals surface area contributed by atoms with Crippen molar-refractivity contribution < 1.29 is 23.0 Å². The van der Waals surface area contributed by atoms with E-state index in [0.717, 1.165) is 12.1 Å². The summed E-state index contributed by atoms with van der Waals surface area (Å²) < 4.78 is 41.6. The number of hydrogen-bond donors (Lipinski definition) is 0. The summed E-state index contributed by atoms with van der Waals surface area (Å²) in [6.07, 6.45) is 6.26. The van der Waals surface area contributed by atoms with Gasteiger partial charge in [0.25, 0.3) is 0 Å². The molecule has 1 atom stereocenters. The van der Waals surface area contributed by atoms with Gasteiger partial charge in [-0.3, -0.25) is 4.90 Å². The lowest BCUT2D eigenvalue weighted by Crippen LogP contribution is -2.29. The number of aromatic nitrogens is 3. The summed E-state index contributed by atoms with van der Waals surface area (Å²) in [5.74, 6) is 0.899. The fourth-order valence-electron chi connectivity index (χ4n) is 3.47. The van der Waals surface area contributed by atoms with Gasteiger partial charge in [0.2, 0.25) is 0 Å². The number of carbonyl (C=O) groups excluding carboxylic acids is 1. The summed E-state index contributed by atoms with van der Waals surface area (Å²) in [7, 11) is 0. The third-order valence-corrected chi connectivity index (χ3v) is 4.80. The van der Waals surface area contributed by atoms with E-state index in [1.807, 2.05) is 0 Å². The van der Waals surface area contributed by atoms with Crippen LogP contribution in [0.5, 0.6) is 0 Å². The van der Waals surface area contributed by atoms with E-state index < -0.39 is 23.8 Å². The molecule has 0 bridgehead atoms. The number of ether oxygens (including phenoxy) is 2. The minimum Gasteiger partial charge on any atom is -0.442 e. The third kappa shape index (κ3) is 4.00. The number of benzene rings is 1. The highest BCUT2D eigenvalue weighted by atomic mass is 19.1. The molecule has 8 nitrogen and oxygen atoms in total. The van der Waals surface area contributed by atoms with Crippen molar-refractivity contribution in [2.75, 3.05) is 42.6 Å². The molecule has 0 N–H and O–H groups in total. The van der Waals surface area contributed by atoms with Crippen LogP contribution in [-0.4, -0.2) is 60.0 Å². The molecule has 10 heteroatoms. The molecule has 1 amide bonds. The Morgan fingerprint density at radius 2 is 2.03 bits per heavy atom. The van der Waals surface area contributed by atoms with Gasteiger partial charge in [-0.05, 0) is 12.3 Å². The number of terminal acetylenes is 1. The quantitative estimate of drug-likeness (QED) is 0.725. The van der Waals surface area contributed by atoms with Gasteiger partial charge >= 0.3 is 6.09 Å². The predicted molar refractivity (Wildman–Crippen MR) is 99.6 cm³/mol.